The average Bonchev–Trinajstić information content (AvgIpc) is 2.39. The summed E-state index contributed by atoms with van der Waals surface area (Å²) >= 11 is 3.53. The number of anilines is 1. The van der Waals surface area contributed by atoms with E-state index in [1.807, 2.05) is 13.0 Å². The van der Waals surface area contributed by atoms with E-state index < -0.39 is 9.84 Å². The molecule has 21 heavy (non-hydrogen) atoms. The Morgan fingerprint density at radius 3 is 2.81 bits per heavy atom. The lowest BCUT2D eigenvalue weighted by Gasteiger charge is -2.37. The highest BCUT2D eigenvalue weighted by atomic mass is 79.9. The molecule has 1 aliphatic heterocycles. The summed E-state index contributed by atoms with van der Waals surface area (Å²) in [6, 6.07) is 6.47. The van der Waals surface area contributed by atoms with Gasteiger partial charge in [0.1, 0.15) is 0 Å². The van der Waals surface area contributed by atoms with Gasteiger partial charge >= 0.3 is 0 Å². The maximum absolute atomic E-state index is 11.8. The molecule has 0 spiro atoms. The van der Waals surface area contributed by atoms with Gasteiger partial charge < -0.3 is 10.2 Å². The monoisotopic (exact) mass is 374 g/mol. The van der Waals surface area contributed by atoms with E-state index in [0.29, 0.717) is 6.54 Å². The fourth-order valence-corrected chi connectivity index (χ4v) is 4.84. The van der Waals surface area contributed by atoms with Crippen molar-refractivity contribution in [2.45, 2.75) is 32.9 Å². The number of rotatable bonds is 4. The number of hydrogen-bond donors (Lipinski definition) is 1. The van der Waals surface area contributed by atoms with Crippen LogP contribution in [0.25, 0.3) is 0 Å². The second-order valence-corrected chi connectivity index (χ2v) is 8.78. The Labute approximate surface area is 136 Å². The maximum Gasteiger partial charge on any atom is 0.154 e. The molecule has 0 bridgehead atoms. The minimum atomic E-state index is -2.89. The first kappa shape index (κ1) is 16.8. The third-order valence-corrected chi connectivity index (χ3v) is 6.23. The minimum absolute atomic E-state index is 0.0116. The molecular weight excluding hydrogens is 352 g/mol. The van der Waals surface area contributed by atoms with Crippen LogP contribution in [0.15, 0.2) is 22.7 Å². The quantitative estimate of drug-likeness (QED) is 0.879. The summed E-state index contributed by atoms with van der Waals surface area (Å²) < 4.78 is 24.6. The molecule has 0 aromatic heterocycles. The zero-order valence-electron chi connectivity index (χ0n) is 12.8. The molecule has 1 aromatic rings. The molecule has 1 saturated heterocycles. The molecule has 0 saturated carbocycles. The summed E-state index contributed by atoms with van der Waals surface area (Å²) in [5, 5.41) is 3.43. The van der Waals surface area contributed by atoms with Crippen molar-refractivity contribution >= 4 is 31.5 Å². The van der Waals surface area contributed by atoms with Gasteiger partial charge in [-0.15, -0.1) is 0 Å². The lowest BCUT2D eigenvalue weighted by molar-refractivity contribution is 0.563. The minimum Gasteiger partial charge on any atom is -0.367 e. The second kappa shape index (κ2) is 6.67. The first-order valence-corrected chi connectivity index (χ1v) is 9.95. The normalized spacial score (nSPS) is 23.0. The fourth-order valence-electron chi connectivity index (χ4n) is 2.91. The maximum atomic E-state index is 11.8. The van der Waals surface area contributed by atoms with Crippen molar-refractivity contribution in [1.82, 2.24) is 5.32 Å². The van der Waals surface area contributed by atoms with E-state index in [1.54, 1.807) is 0 Å². The molecule has 4 nitrogen and oxygen atoms in total. The van der Waals surface area contributed by atoms with Crippen LogP contribution >= 0.6 is 15.9 Å². The third-order valence-electron chi connectivity index (χ3n) is 3.95. The first-order chi connectivity index (χ1) is 9.84. The molecule has 0 radical (unpaired) electrons. The van der Waals surface area contributed by atoms with E-state index in [2.05, 4.69) is 52.1 Å². The first-order valence-electron chi connectivity index (χ1n) is 7.34. The van der Waals surface area contributed by atoms with Crippen LogP contribution in [0.2, 0.25) is 0 Å². The summed E-state index contributed by atoms with van der Waals surface area (Å²) in [5.74, 6) is 0.473. The summed E-state index contributed by atoms with van der Waals surface area (Å²) in [5.41, 5.74) is 2.34. The number of nitrogens with one attached hydrogen (secondary N) is 1. The fraction of sp³-hybridized carbons (Fsp3) is 0.600. The molecule has 1 fully saturated rings. The Kier molecular flexibility index (Phi) is 5.33. The Bertz CT molecular complexity index is 604. The molecule has 1 heterocycles. The van der Waals surface area contributed by atoms with Crippen LogP contribution in [0.1, 0.15) is 32.4 Å². The van der Waals surface area contributed by atoms with Gasteiger partial charge in [0.15, 0.2) is 9.84 Å². The van der Waals surface area contributed by atoms with Crippen molar-refractivity contribution in [3.05, 3.63) is 28.2 Å². The highest BCUT2D eigenvalue weighted by Gasteiger charge is 2.30. The molecule has 1 N–H and O–H groups in total. The van der Waals surface area contributed by atoms with Gasteiger partial charge in [0.2, 0.25) is 0 Å². The average molecular weight is 375 g/mol. The topological polar surface area (TPSA) is 49.4 Å². The van der Waals surface area contributed by atoms with Gasteiger partial charge in [-0.2, -0.15) is 0 Å². The number of halogens is 1. The standard InChI is InChI=1S/C15H23BrN2O2S/c1-4-17-12(3)14-9-13(16)5-6-15(14)18-7-8-21(19,20)10-11(18)2/h5-6,9,11-12,17H,4,7-8,10H2,1-3H3. The molecule has 0 amide bonds. The Morgan fingerprint density at radius 1 is 1.48 bits per heavy atom. The number of nitrogens with zero attached hydrogens (tertiary/aromatic N) is 1. The van der Waals surface area contributed by atoms with E-state index in [0.717, 1.165) is 16.7 Å². The molecule has 1 aromatic carbocycles. The lowest BCUT2D eigenvalue weighted by Crippen LogP contribution is -2.47. The Hall–Kier alpha value is -0.590. The number of hydrogen-bond acceptors (Lipinski definition) is 4. The highest BCUT2D eigenvalue weighted by molar-refractivity contribution is 9.10. The zero-order chi connectivity index (χ0) is 15.6. The second-order valence-electron chi connectivity index (χ2n) is 5.64. The van der Waals surface area contributed by atoms with E-state index in [1.165, 1.54) is 5.56 Å². The van der Waals surface area contributed by atoms with Crippen molar-refractivity contribution in [2.24, 2.45) is 0 Å². The van der Waals surface area contributed by atoms with Gasteiger partial charge in [-0.25, -0.2) is 8.42 Å². The SMILES string of the molecule is CCNC(C)c1cc(Br)ccc1N1CCS(=O)(=O)CC1C. The predicted octanol–water partition coefficient (Wildman–Crippen LogP) is 2.74. The van der Waals surface area contributed by atoms with E-state index in [-0.39, 0.29) is 23.6 Å². The largest absolute Gasteiger partial charge is 0.367 e. The third kappa shape index (κ3) is 3.99. The summed E-state index contributed by atoms with van der Waals surface area (Å²) in [7, 11) is -2.89. The Morgan fingerprint density at radius 2 is 2.19 bits per heavy atom. The highest BCUT2D eigenvalue weighted by Crippen LogP contribution is 2.32. The molecule has 6 heteroatoms. The summed E-state index contributed by atoms with van der Waals surface area (Å²) in [4.78, 5) is 2.22. The van der Waals surface area contributed by atoms with Gasteiger partial charge in [-0.1, -0.05) is 22.9 Å². The van der Waals surface area contributed by atoms with Crippen LogP contribution in [0, 0.1) is 0 Å². The molecule has 2 unspecified atom stereocenters. The number of benzene rings is 1. The van der Waals surface area contributed by atoms with Crippen LogP contribution in [0.3, 0.4) is 0 Å². The molecule has 118 valence electrons. The molecule has 0 aliphatic carbocycles. The predicted molar refractivity (Wildman–Crippen MR) is 91.7 cm³/mol. The summed E-state index contributed by atoms with van der Waals surface area (Å²) in [6.45, 7) is 7.68. The summed E-state index contributed by atoms with van der Waals surface area (Å²) in [6.07, 6.45) is 0. The molecular formula is C15H23BrN2O2S. The van der Waals surface area contributed by atoms with E-state index >= 15 is 0 Å². The van der Waals surface area contributed by atoms with Crippen molar-refractivity contribution in [3.8, 4) is 0 Å². The van der Waals surface area contributed by atoms with Crippen molar-refractivity contribution in [2.75, 3.05) is 29.5 Å². The number of sulfone groups is 1. The smallest absolute Gasteiger partial charge is 0.154 e. The van der Waals surface area contributed by atoms with Crippen LogP contribution in [-0.2, 0) is 9.84 Å². The van der Waals surface area contributed by atoms with Crippen LogP contribution in [0.5, 0.6) is 0 Å². The molecule has 2 atom stereocenters. The van der Waals surface area contributed by atoms with Crippen molar-refractivity contribution in [3.63, 3.8) is 0 Å². The van der Waals surface area contributed by atoms with Crippen LogP contribution in [-0.4, -0.2) is 39.1 Å². The zero-order valence-corrected chi connectivity index (χ0v) is 15.2. The lowest BCUT2D eigenvalue weighted by atomic mass is 10.0. The van der Waals surface area contributed by atoms with E-state index in [9.17, 15) is 8.42 Å². The van der Waals surface area contributed by atoms with Crippen LogP contribution < -0.4 is 10.2 Å². The van der Waals surface area contributed by atoms with Crippen molar-refractivity contribution < 1.29 is 8.42 Å². The Balaban J connectivity index is 2.35. The van der Waals surface area contributed by atoms with Gasteiger partial charge in [-0.3, -0.25) is 0 Å². The van der Waals surface area contributed by atoms with Crippen LogP contribution in [0.4, 0.5) is 5.69 Å². The van der Waals surface area contributed by atoms with Gasteiger partial charge in [0.05, 0.1) is 11.5 Å². The van der Waals surface area contributed by atoms with Gasteiger partial charge in [0, 0.05) is 28.8 Å². The van der Waals surface area contributed by atoms with E-state index in [4.69, 9.17) is 0 Å². The van der Waals surface area contributed by atoms with Gasteiger partial charge in [-0.05, 0) is 44.2 Å². The molecule has 1 aliphatic rings. The molecule has 2 rings (SSSR count). The van der Waals surface area contributed by atoms with Crippen molar-refractivity contribution in [1.29, 1.82) is 0 Å². The van der Waals surface area contributed by atoms with Gasteiger partial charge in [0.25, 0.3) is 0 Å².